The largest absolute Gasteiger partial charge is 0.491 e. The summed E-state index contributed by atoms with van der Waals surface area (Å²) in [6, 6.07) is 15.7. The Kier molecular flexibility index (Phi) is 9.53. The Bertz CT molecular complexity index is 1230. The fraction of sp³-hybridized carbons (Fsp3) is 0.400. The molecule has 2 aromatic carbocycles. The number of halogens is 1. The van der Waals surface area contributed by atoms with Gasteiger partial charge in [-0.2, -0.15) is 0 Å². The van der Waals surface area contributed by atoms with Gasteiger partial charge >= 0.3 is 0 Å². The maximum absolute atomic E-state index is 14.4. The smallest absolute Gasteiger partial charge is 0.257 e. The van der Waals surface area contributed by atoms with Crippen LogP contribution in [0.15, 0.2) is 60.0 Å². The summed E-state index contributed by atoms with van der Waals surface area (Å²) in [7, 11) is 1.58. The molecule has 0 unspecified atom stereocenters. The third-order valence-electron chi connectivity index (χ3n) is 6.86. The third kappa shape index (κ3) is 6.60. The lowest BCUT2D eigenvalue weighted by atomic mass is 10.00. The van der Waals surface area contributed by atoms with E-state index in [-0.39, 0.29) is 30.6 Å². The first-order valence-corrected chi connectivity index (χ1v) is 13.9. The Labute approximate surface area is 228 Å². The minimum absolute atomic E-state index is 0.0405. The van der Waals surface area contributed by atoms with E-state index in [0.717, 1.165) is 17.7 Å². The van der Waals surface area contributed by atoms with E-state index in [1.807, 2.05) is 17.5 Å². The lowest BCUT2D eigenvalue weighted by molar-refractivity contribution is -0.135. The predicted octanol–water partition coefficient (Wildman–Crippen LogP) is 5.69. The van der Waals surface area contributed by atoms with Crippen LogP contribution in [0.2, 0.25) is 0 Å². The zero-order valence-corrected chi connectivity index (χ0v) is 23.0. The number of carbonyl (C=O) groups excluding carboxylic acids is 2. The molecule has 0 radical (unpaired) electrons. The summed E-state index contributed by atoms with van der Waals surface area (Å²) in [5.74, 6) is -0.105. The van der Waals surface area contributed by atoms with E-state index in [1.54, 1.807) is 35.5 Å². The van der Waals surface area contributed by atoms with Crippen LogP contribution in [0.5, 0.6) is 5.75 Å². The third-order valence-corrected chi connectivity index (χ3v) is 7.86. The van der Waals surface area contributed by atoms with E-state index in [0.29, 0.717) is 32.1 Å². The van der Waals surface area contributed by atoms with Gasteiger partial charge in [-0.3, -0.25) is 9.59 Å². The van der Waals surface area contributed by atoms with Crippen molar-refractivity contribution >= 4 is 23.2 Å². The Morgan fingerprint density at radius 2 is 1.89 bits per heavy atom. The SMILES string of the molecule is COCCCN(CC(=O)N1CCc2sccc2[C@@H]1COc1ccc(C(C)C)cc1)C(=O)c1ccccc1F. The molecule has 1 atom stereocenters. The van der Waals surface area contributed by atoms with Gasteiger partial charge in [-0.05, 0) is 65.6 Å². The van der Waals surface area contributed by atoms with Crippen LogP contribution in [0.25, 0.3) is 0 Å². The highest BCUT2D eigenvalue weighted by molar-refractivity contribution is 7.10. The van der Waals surface area contributed by atoms with Gasteiger partial charge in [0.15, 0.2) is 0 Å². The molecule has 2 heterocycles. The molecule has 8 heteroatoms. The summed E-state index contributed by atoms with van der Waals surface area (Å²) in [4.78, 5) is 31.4. The van der Waals surface area contributed by atoms with Crippen LogP contribution in [-0.4, -0.2) is 61.6 Å². The van der Waals surface area contributed by atoms with Crippen LogP contribution in [0.3, 0.4) is 0 Å². The maximum Gasteiger partial charge on any atom is 0.257 e. The number of amides is 2. The van der Waals surface area contributed by atoms with Gasteiger partial charge < -0.3 is 19.3 Å². The summed E-state index contributed by atoms with van der Waals surface area (Å²) < 4.78 is 25.7. The van der Waals surface area contributed by atoms with Crippen LogP contribution in [0, 0.1) is 5.82 Å². The number of carbonyl (C=O) groups is 2. The lowest BCUT2D eigenvalue weighted by Crippen LogP contribution is -2.48. The van der Waals surface area contributed by atoms with Gasteiger partial charge in [0.25, 0.3) is 5.91 Å². The topological polar surface area (TPSA) is 59.1 Å². The normalized spacial score (nSPS) is 14.9. The number of methoxy groups -OCH3 is 1. The van der Waals surface area contributed by atoms with Gasteiger partial charge in [-0.15, -0.1) is 11.3 Å². The number of benzene rings is 2. The molecule has 0 aliphatic carbocycles. The minimum Gasteiger partial charge on any atom is -0.491 e. The molecule has 38 heavy (non-hydrogen) atoms. The molecule has 202 valence electrons. The summed E-state index contributed by atoms with van der Waals surface area (Å²) in [5, 5.41) is 2.04. The van der Waals surface area contributed by atoms with E-state index in [2.05, 4.69) is 32.0 Å². The van der Waals surface area contributed by atoms with E-state index >= 15 is 0 Å². The molecule has 1 aliphatic heterocycles. The van der Waals surface area contributed by atoms with Crippen molar-refractivity contribution in [3.05, 3.63) is 87.4 Å². The molecule has 0 bridgehead atoms. The minimum atomic E-state index is -0.600. The lowest BCUT2D eigenvalue weighted by Gasteiger charge is -2.37. The Hall–Kier alpha value is -3.23. The van der Waals surface area contributed by atoms with Crippen molar-refractivity contribution < 1.29 is 23.5 Å². The van der Waals surface area contributed by atoms with Gasteiger partial charge in [0.05, 0.1) is 11.6 Å². The molecule has 1 aromatic heterocycles. The molecule has 0 fully saturated rings. The summed E-state index contributed by atoms with van der Waals surface area (Å²) in [5.41, 5.74) is 2.28. The molecule has 4 rings (SSSR count). The zero-order valence-electron chi connectivity index (χ0n) is 22.2. The molecule has 0 N–H and O–H groups in total. The Balaban J connectivity index is 1.51. The molecule has 0 saturated carbocycles. The van der Waals surface area contributed by atoms with Crippen LogP contribution in [0.1, 0.15) is 58.6 Å². The number of rotatable bonds is 11. The number of nitrogens with zero attached hydrogens (tertiary/aromatic N) is 2. The van der Waals surface area contributed by atoms with Crippen LogP contribution in [0.4, 0.5) is 4.39 Å². The van der Waals surface area contributed by atoms with E-state index in [4.69, 9.17) is 9.47 Å². The van der Waals surface area contributed by atoms with Gasteiger partial charge in [0.1, 0.15) is 24.7 Å². The van der Waals surface area contributed by atoms with Crippen molar-refractivity contribution in [1.29, 1.82) is 0 Å². The average molecular weight is 539 g/mol. The molecule has 2 amide bonds. The van der Waals surface area contributed by atoms with E-state index < -0.39 is 11.7 Å². The van der Waals surface area contributed by atoms with Crippen molar-refractivity contribution in [2.75, 3.05) is 40.0 Å². The van der Waals surface area contributed by atoms with E-state index in [9.17, 15) is 14.0 Å². The van der Waals surface area contributed by atoms with Crippen molar-refractivity contribution in [3.8, 4) is 5.75 Å². The highest BCUT2D eigenvalue weighted by Gasteiger charge is 2.34. The van der Waals surface area contributed by atoms with Gasteiger partial charge in [0, 0.05) is 31.7 Å². The first-order chi connectivity index (χ1) is 18.4. The fourth-order valence-electron chi connectivity index (χ4n) is 4.71. The molecule has 1 aliphatic rings. The summed E-state index contributed by atoms with van der Waals surface area (Å²) >= 11 is 1.69. The number of ether oxygens (including phenoxy) is 2. The monoisotopic (exact) mass is 538 g/mol. The van der Waals surface area contributed by atoms with Gasteiger partial charge in [-0.25, -0.2) is 4.39 Å². The quantitative estimate of drug-likeness (QED) is 0.294. The van der Waals surface area contributed by atoms with Crippen LogP contribution >= 0.6 is 11.3 Å². The standard InChI is InChI=1S/C30H35FN2O4S/c1-21(2)22-9-11-23(12-10-22)37-20-27-25-14-18-38-28(25)13-16-33(27)29(34)19-32(15-6-17-36-3)30(35)24-7-4-5-8-26(24)31/h4-5,7-12,14,18,21,27H,6,13,15-17,19-20H2,1-3H3/t27-/m0/s1. The zero-order chi connectivity index (χ0) is 27.1. The second kappa shape index (κ2) is 13.0. The molecular weight excluding hydrogens is 503 g/mol. The molecule has 0 saturated heterocycles. The second-order valence-corrected chi connectivity index (χ2v) is 10.7. The number of thiophene rings is 1. The van der Waals surface area contributed by atoms with Crippen LogP contribution < -0.4 is 4.74 Å². The molecule has 3 aromatic rings. The van der Waals surface area contributed by atoms with Crippen molar-refractivity contribution in [2.45, 2.75) is 38.6 Å². The van der Waals surface area contributed by atoms with Crippen molar-refractivity contribution in [3.63, 3.8) is 0 Å². The Morgan fingerprint density at radius 3 is 2.61 bits per heavy atom. The van der Waals surface area contributed by atoms with Gasteiger partial charge in [0.2, 0.25) is 5.91 Å². The number of hydrogen-bond donors (Lipinski definition) is 0. The highest BCUT2D eigenvalue weighted by atomic mass is 32.1. The maximum atomic E-state index is 14.4. The number of hydrogen-bond acceptors (Lipinski definition) is 5. The summed E-state index contributed by atoms with van der Waals surface area (Å²) in [6.45, 7) is 5.71. The first-order valence-electron chi connectivity index (χ1n) is 13.0. The Morgan fingerprint density at radius 1 is 1.13 bits per heavy atom. The average Bonchev–Trinajstić information content (AvgIpc) is 3.40. The summed E-state index contributed by atoms with van der Waals surface area (Å²) in [6.07, 6.45) is 1.29. The van der Waals surface area contributed by atoms with Gasteiger partial charge in [-0.1, -0.05) is 38.1 Å². The molecule has 6 nitrogen and oxygen atoms in total. The molecule has 0 spiro atoms. The second-order valence-electron chi connectivity index (χ2n) is 9.74. The predicted molar refractivity (Wildman–Crippen MR) is 147 cm³/mol. The highest BCUT2D eigenvalue weighted by Crippen LogP contribution is 2.34. The number of fused-ring (bicyclic) bond motifs is 1. The fourth-order valence-corrected chi connectivity index (χ4v) is 5.64. The molecular formula is C30H35FN2O4S. The van der Waals surface area contributed by atoms with Crippen molar-refractivity contribution in [1.82, 2.24) is 9.80 Å². The van der Waals surface area contributed by atoms with Crippen molar-refractivity contribution in [2.24, 2.45) is 0 Å². The van der Waals surface area contributed by atoms with Crippen LogP contribution in [-0.2, 0) is 16.0 Å². The first kappa shape index (κ1) is 27.8. The van der Waals surface area contributed by atoms with E-state index in [1.165, 1.54) is 27.5 Å².